The third-order valence-corrected chi connectivity index (χ3v) is 5.19. The van der Waals surface area contributed by atoms with E-state index >= 15 is 0 Å². The second-order valence-electron chi connectivity index (χ2n) is 6.95. The average Bonchev–Trinajstić information content (AvgIpc) is 3.20. The monoisotopic (exact) mass is 421 g/mol. The van der Waals surface area contributed by atoms with Gasteiger partial charge in [-0.15, -0.1) is 5.10 Å². The smallest absolute Gasteiger partial charge is 0.248 e. The molecule has 0 radical (unpaired) electrons. The molecule has 0 bridgehead atoms. The summed E-state index contributed by atoms with van der Waals surface area (Å²) >= 11 is 0. The Kier molecular flexibility index (Phi) is 5.24. The number of nitrogens with two attached hydrogens (primary N) is 1. The number of nitrogens with one attached hydrogen (secondary N) is 1. The van der Waals surface area contributed by atoms with Gasteiger partial charge in [0.1, 0.15) is 11.8 Å². The van der Waals surface area contributed by atoms with Crippen molar-refractivity contribution < 1.29 is 19.0 Å². The number of aromatic nitrogens is 3. The van der Waals surface area contributed by atoms with Gasteiger partial charge in [0.2, 0.25) is 11.9 Å². The van der Waals surface area contributed by atoms with E-state index in [0.717, 1.165) is 11.3 Å². The standard InChI is InChI=1S/C22H23N5O4/c1-12-17(20(23)28)18(15-6-5-7-16(30-3)19(15)31-4)27-22(24-12)25-21(26-27)13-8-10-14(29-2)11-9-13/h5-11,18H,1-4H3,(H2,23,28)(H,24,25,26). The summed E-state index contributed by atoms with van der Waals surface area (Å²) in [6.45, 7) is 1.78. The Morgan fingerprint density at radius 3 is 2.42 bits per heavy atom. The molecule has 0 fully saturated rings. The fourth-order valence-corrected chi connectivity index (χ4v) is 3.75. The van der Waals surface area contributed by atoms with Crippen molar-refractivity contribution in [2.24, 2.45) is 5.73 Å². The van der Waals surface area contributed by atoms with Crippen molar-refractivity contribution in [3.63, 3.8) is 0 Å². The first-order valence-corrected chi connectivity index (χ1v) is 9.58. The highest BCUT2D eigenvalue weighted by molar-refractivity contribution is 5.95. The molecule has 1 aliphatic heterocycles. The first-order chi connectivity index (χ1) is 15.0. The molecule has 1 aliphatic rings. The average molecular weight is 421 g/mol. The number of amides is 1. The summed E-state index contributed by atoms with van der Waals surface area (Å²) in [5.41, 5.74) is 8.23. The molecule has 4 rings (SSSR count). The van der Waals surface area contributed by atoms with Crippen LogP contribution in [0.5, 0.6) is 17.2 Å². The molecule has 0 saturated heterocycles. The van der Waals surface area contributed by atoms with Gasteiger partial charge >= 0.3 is 0 Å². The second-order valence-corrected chi connectivity index (χ2v) is 6.95. The van der Waals surface area contributed by atoms with Crippen LogP contribution in [-0.2, 0) is 4.79 Å². The van der Waals surface area contributed by atoms with E-state index in [9.17, 15) is 4.79 Å². The zero-order valence-corrected chi connectivity index (χ0v) is 17.7. The molecule has 9 nitrogen and oxygen atoms in total. The number of hydrogen-bond acceptors (Lipinski definition) is 7. The van der Waals surface area contributed by atoms with Crippen molar-refractivity contribution >= 4 is 11.9 Å². The van der Waals surface area contributed by atoms with Crippen LogP contribution in [-0.4, -0.2) is 42.0 Å². The zero-order chi connectivity index (χ0) is 22.1. The lowest BCUT2D eigenvalue weighted by molar-refractivity contribution is -0.115. The molecule has 3 aromatic rings. The highest BCUT2D eigenvalue weighted by atomic mass is 16.5. The van der Waals surface area contributed by atoms with Gasteiger partial charge in [-0.3, -0.25) is 4.79 Å². The molecule has 2 aromatic carbocycles. The van der Waals surface area contributed by atoms with Crippen LogP contribution in [0.3, 0.4) is 0 Å². The summed E-state index contributed by atoms with van der Waals surface area (Å²) < 4.78 is 17.9. The highest BCUT2D eigenvalue weighted by Gasteiger charge is 2.35. The predicted molar refractivity (Wildman–Crippen MR) is 115 cm³/mol. The normalized spacial score (nSPS) is 15.2. The predicted octanol–water partition coefficient (Wildman–Crippen LogP) is 2.75. The minimum Gasteiger partial charge on any atom is -0.497 e. The minimum atomic E-state index is -0.640. The minimum absolute atomic E-state index is 0.366. The van der Waals surface area contributed by atoms with Crippen LogP contribution < -0.4 is 25.3 Å². The summed E-state index contributed by atoms with van der Waals surface area (Å²) in [6, 6.07) is 12.2. The third kappa shape index (κ3) is 3.43. The van der Waals surface area contributed by atoms with Crippen LogP contribution in [0.2, 0.25) is 0 Å². The molecule has 1 unspecified atom stereocenters. The number of rotatable bonds is 6. The van der Waals surface area contributed by atoms with Crippen molar-refractivity contribution in [2.45, 2.75) is 13.0 Å². The molecule has 0 saturated carbocycles. The molecule has 31 heavy (non-hydrogen) atoms. The highest BCUT2D eigenvalue weighted by Crippen LogP contribution is 2.43. The Balaban J connectivity index is 1.90. The number of para-hydroxylation sites is 1. The Hall–Kier alpha value is -4.01. The molecule has 3 N–H and O–H groups in total. The Morgan fingerprint density at radius 1 is 1.06 bits per heavy atom. The maximum atomic E-state index is 12.4. The summed E-state index contributed by atoms with van der Waals surface area (Å²) in [7, 11) is 4.72. The van der Waals surface area contributed by atoms with Crippen LogP contribution in [0.15, 0.2) is 53.7 Å². The third-order valence-electron chi connectivity index (χ3n) is 5.19. The Morgan fingerprint density at radius 2 is 1.81 bits per heavy atom. The quantitative estimate of drug-likeness (QED) is 0.629. The van der Waals surface area contributed by atoms with Gasteiger partial charge in [-0.2, -0.15) is 4.98 Å². The SMILES string of the molecule is COc1ccc(-c2nc3n(n2)C(c2cccc(OC)c2OC)C(C(N)=O)=C(C)N3)cc1. The number of carbonyl (C=O) groups excluding carboxylic acids is 1. The van der Waals surface area contributed by atoms with Gasteiger partial charge in [0, 0.05) is 16.8 Å². The number of carbonyl (C=O) groups is 1. The van der Waals surface area contributed by atoms with E-state index in [0.29, 0.717) is 40.1 Å². The van der Waals surface area contributed by atoms with Crippen molar-refractivity contribution in [1.82, 2.24) is 14.8 Å². The molecular formula is C22H23N5O4. The molecule has 9 heteroatoms. The number of primary amides is 1. The topological polar surface area (TPSA) is 114 Å². The van der Waals surface area contributed by atoms with Gasteiger partial charge in [0.15, 0.2) is 17.3 Å². The van der Waals surface area contributed by atoms with E-state index in [4.69, 9.17) is 25.0 Å². The number of fused-ring (bicyclic) bond motifs is 1. The molecule has 0 aliphatic carbocycles. The van der Waals surface area contributed by atoms with Gasteiger partial charge in [-0.1, -0.05) is 12.1 Å². The molecule has 1 amide bonds. The largest absolute Gasteiger partial charge is 0.497 e. The van der Waals surface area contributed by atoms with Crippen LogP contribution in [0.1, 0.15) is 18.5 Å². The summed E-state index contributed by atoms with van der Waals surface area (Å²) in [4.78, 5) is 17.1. The fourth-order valence-electron chi connectivity index (χ4n) is 3.75. The lowest BCUT2D eigenvalue weighted by Crippen LogP contribution is -2.32. The lowest BCUT2D eigenvalue weighted by atomic mass is 9.94. The van der Waals surface area contributed by atoms with Crippen LogP contribution in [0.25, 0.3) is 11.4 Å². The number of hydrogen-bond donors (Lipinski definition) is 2. The lowest BCUT2D eigenvalue weighted by Gasteiger charge is -2.29. The number of methoxy groups -OCH3 is 3. The van der Waals surface area contributed by atoms with Crippen molar-refractivity contribution in [3.8, 4) is 28.6 Å². The number of anilines is 1. The molecule has 1 aromatic heterocycles. The van der Waals surface area contributed by atoms with Crippen LogP contribution >= 0.6 is 0 Å². The summed E-state index contributed by atoms with van der Waals surface area (Å²) in [5, 5.41) is 7.84. The van der Waals surface area contributed by atoms with E-state index in [1.165, 1.54) is 0 Å². The second kappa shape index (κ2) is 8.02. The van der Waals surface area contributed by atoms with Gasteiger partial charge in [-0.25, -0.2) is 4.68 Å². The van der Waals surface area contributed by atoms with Gasteiger partial charge in [-0.05, 0) is 37.3 Å². The molecule has 0 spiro atoms. The van der Waals surface area contributed by atoms with E-state index in [1.807, 2.05) is 36.4 Å². The number of ether oxygens (including phenoxy) is 3. The van der Waals surface area contributed by atoms with E-state index in [1.54, 1.807) is 39.0 Å². The Bertz CT molecular complexity index is 1170. The van der Waals surface area contributed by atoms with Crippen molar-refractivity contribution in [2.75, 3.05) is 26.6 Å². The number of benzene rings is 2. The summed E-state index contributed by atoms with van der Waals surface area (Å²) in [5.74, 6) is 2.19. The van der Waals surface area contributed by atoms with Crippen molar-refractivity contribution in [1.29, 1.82) is 0 Å². The molecular weight excluding hydrogens is 398 g/mol. The molecule has 1 atom stereocenters. The summed E-state index contributed by atoms with van der Waals surface area (Å²) in [6.07, 6.45) is 0. The van der Waals surface area contributed by atoms with Gasteiger partial charge in [0.25, 0.3) is 0 Å². The van der Waals surface area contributed by atoms with Crippen LogP contribution in [0, 0.1) is 0 Å². The first kappa shape index (κ1) is 20.3. The van der Waals surface area contributed by atoms with Crippen LogP contribution in [0.4, 0.5) is 5.95 Å². The fraction of sp³-hybridized carbons (Fsp3) is 0.227. The maximum Gasteiger partial charge on any atom is 0.248 e. The number of allylic oxidation sites excluding steroid dienone is 1. The Labute approximate surface area is 179 Å². The zero-order valence-electron chi connectivity index (χ0n) is 17.7. The molecule has 2 heterocycles. The van der Waals surface area contributed by atoms with Gasteiger partial charge < -0.3 is 25.3 Å². The van der Waals surface area contributed by atoms with E-state index in [-0.39, 0.29) is 0 Å². The van der Waals surface area contributed by atoms with E-state index < -0.39 is 11.9 Å². The first-order valence-electron chi connectivity index (χ1n) is 9.58. The maximum absolute atomic E-state index is 12.4. The van der Waals surface area contributed by atoms with Gasteiger partial charge in [0.05, 0.1) is 26.9 Å². The van der Waals surface area contributed by atoms with Crippen molar-refractivity contribution in [3.05, 3.63) is 59.3 Å². The van der Waals surface area contributed by atoms with E-state index in [2.05, 4.69) is 10.3 Å². The number of nitrogens with zero attached hydrogens (tertiary/aromatic N) is 3. The molecule has 160 valence electrons.